The average Bonchev–Trinajstić information content (AvgIpc) is 3.27. The summed E-state index contributed by atoms with van der Waals surface area (Å²) < 4.78 is 48.6. The van der Waals surface area contributed by atoms with Crippen molar-refractivity contribution in [2.45, 2.75) is 12.6 Å². The molecule has 1 saturated heterocycles. The molecular weight excluding hydrogens is 489 g/mol. The molecule has 2 aromatic carbocycles. The largest absolute Gasteiger partial charge is 0.497 e. The number of alkyl halides is 3. The number of methoxy groups -OCH3 is 1. The summed E-state index contributed by atoms with van der Waals surface area (Å²) in [7, 11) is 1.51. The van der Waals surface area contributed by atoms with E-state index < -0.39 is 17.3 Å². The lowest BCUT2D eigenvalue weighted by Gasteiger charge is -2.40. The molecule has 2 aliphatic heterocycles. The lowest BCUT2D eigenvalue weighted by molar-refractivity contribution is -0.137. The molecular formula is C26H27F3N4O4. The fraction of sp³-hybridized carbons (Fsp3) is 0.385. The number of nitrogens with zero attached hydrogens (tertiary/aromatic N) is 4. The molecule has 8 nitrogen and oxygen atoms in total. The number of hydrogen-bond donors (Lipinski definition) is 2. The Morgan fingerprint density at radius 1 is 1.14 bits per heavy atom. The Bertz CT molecular complexity index is 1370. The van der Waals surface area contributed by atoms with E-state index in [1.807, 2.05) is 4.90 Å². The molecule has 0 radical (unpaired) electrons. The van der Waals surface area contributed by atoms with Crippen molar-refractivity contribution in [3.05, 3.63) is 63.9 Å². The molecule has 3 heterocycles. The van der Waals surface area contributed by atoms with E-state index in [-0.39, 0.29) is 37.1 Å². The van der Waals surface area contributed by atoms with Crippen LogP contribution in [0.4, 0.5) is 24.5 Å². The first-order valence-electron chi connectivity index (χ1n) is 12.0. The Morgan fingerprint density at radius 3 is 2.59 bits per heavy atom. The average molecular weight is 517 g/mol. The maximum atomic E-state index is 14.2. The predicted molar refractivity (Wildman–Crippen MR) is 133 cm³/mol. The van der Waals surface area contributed by atoms with Gasteiger partial charge in [-0.25, -0.2) is 0 Å². The van der Waals surface area contributed by atoms with E-state index >= 15 is 0 Å². The van der Waals surface area contributed by atoms with Crippen molar-refractivity contribution in [1.82, 2.24) is 9.78 Å². The summed E-state index contributed by atoms with van der Waals surface area (Å²) in [4.78, 5) is 17.3. The maximum Gasteiger partial charge on any atom is 0.418 e. The monoisotopic (exact) mass is 516 g/mol. The van der Waals surface area contributed by atoms with Gasteiger partial charge in [-0.15, -0.1) is 0 Å². The predicted octanol–water partition coefficient (Wildman–Crippen LogP) is 2.71. The van der Waals surface area contributed by atoms with Crippen LogP contribution in [0.1, 0.15) is 11.1 Å². The summed E-state index contributed by atoms with van der Waals surface area (Å²) in [6, 6.07) is 10.7. The zero-order valence-electron chi connectivity index (χ0n) is 20.2. The topological polar surface area (TPSA) is 91.1 Å². The van der Waals surface area contributed by atoms with Crippen LogP contribution < -0.4 is 20.1 Å². The number of aliphatic hydroxyl groups is 2. The van der Waals surface area contributed by atoms with Crippen LogP contribution in [0.3, 0.4) is 0 Å². The number of anilines is 2. The molecule has 37 heavy (non-hydrogen) atoms. The van der Waals surface area contributed by atoms with Gasteiger partial charge in [-0.2, -0.15) is 23.0 Å². The molecule has 11 heteroatoms. The van der Waals surface area contributed by atoms with E-state index in [2.05, 4.69) is 5.10 Å². The zero-order chi connectivity index (χ0) is 26.3. The smallest absolute Gasteiger partial charge is 0.418 e. The summed E-state index contributed by atoms with van der Waals surface area (Å²) in [6.45, 7) is 1.42. The minimum Gasteiger partial charge on any atom is -0.497 e. The fourth-order valence-corrected chi connectivity index (χ4v) is 5.01. The van der Waals surface area contributed by atoms with E-state index in [0.717, 1.165) is 10.7 Å². The summed E-state index contributed by atoms with van der Waals surface area (Å²) in [6.07, 6.45) is -4.26. The highest BCUT2D eigenvalue weighted by molar-refractivity contribution is 5.74. The molecule has 0 spiro atoms. The van der Waals surface area contributed by atoms with Crippen molar-refractivity contribution < 1.29 is 28.1 Å². The summed E-state index contributed by atoms with van der Waals surface area (Å²) >= 11 is 0. The summed E-state index contributed by atoms with van der Waals surface area (Å²) in [5.41, 5.74) is 0.346. The zero-order valence-corrected chi connectivity index (χ0v) is 20.2. The van der Waals surface area contributed by atoms with Crippen LogP contribution in [0.2, 0.25) is 0 Å². The Hall–Kier alpha value is -3.57. The first-order chi connectivity index (χ1) is 17.7. The van der Waals surface area contributed by atoms with Crippen LogP contribution in [0, 0.1) is 5.92 Å². The second kappa shape index (κ2) is 9.71. The van der Waals surface area contributed by atoms with Crippen molar-refractivity contribution in [2.24, 2.45) is 5.92 Å². The molecule has 0 bridgehead atoms. The van der Waals surface area contributed by atoms with E-state index in [0.29, 0.717) is 54.3 Å². The Morgan fingerprint density at radius 2 is 1.92 bits per heavy atom. The van der Waals surface area contributed by atoms with Gasteiger partial charge in [0.2, 0.25) is 0 Å². The normalized spacial score (nSPS) is 15.6. The Labute approximate surface area is 211 Å². The SMILES string of the molecule is COc1cccc(-c2nn(-c3cc(N4CC(CO)C4)ccc3C(F)(F)F)c(=O)c3c2CCN3CCO)c1. The van der Waals surface area contributed by atoms with Gasteiger partial charge in [-0.05, 0) is 36.8 Å². The highest BCUT2D eigenvalue weighted by atomic mass is 19.4. The second-order valence-electron chi connectivity index (χ2n) is 9.24. The van der Waals surface area contributed by atoms with Crippen molar-refractivity contribution >= 4 is 11.4 Å². The van der Waals surface area contributed by atoms with Crippen molar-refractivity contribution in [2.75, 3.05) is 56.3 Å². The van der Waals surface area contributed by atoms with E-state index in [1.165, 1.54) is 19.2 Å². The van der Waals surface area contributed by atoms with Gasteiger partial charge >= 0.3 is 6.18 Å². The molecule has 2 N–H and O–H groups in total. The van der Waals surface area contributed by atoms with Crippen LogP contribution >= 0.6 is 0 Å². The Kier molecular flexibility index (Phi) is 6.59. The molecule has 0 unspecified atom stereocenters. The third-order valence-electron chi connectivity index (χ3n) is 6.92. The van der Waals surface area contributed by atoms with Gasteiger partial charge in [-0.1, -0.05) is 12.1 Å². The van der Waals surface area contributed by atoms with Gasteiger partial charge in [0, 0.05) is 55.5 Å². The third-order valence-corrected chi connectivity index (χ3v) is 6.92. The molecule has 0 aliphatic carbocycles. The highest BCUT2D eigenvalue weighted by Gasteiger charge is 2.37. The standard InChI is InChI=1S/C26H27F3N4O4/c1-37-19-4-2-3-17(11-19)23-20-7-8-31(9-10-34)24(20)25(36)33(30-23)22-12-18(32-13-16(14-32)15-35)5-6-21(22)26(27,28)29/h2-6,11-12,16,34-35H,7-10,13-15H2,1H3. The molecule has 0 atom stereocenters. The van der Waals surface area contributed by atoms with E-state index in [4.69, 9.17) is 4.74 Å². The van der Waals surface area contributed by atoms with Gasteiger partial charge < -0.3 is 24.7 Å². The van der Waals surface area contributed by atoms with Gasteiger partial charge in [0.15, 0.2) is 0 Å². The van der Waals surface area contributed by atoms with Crippen molar-refractivity contribution in [1.29, 1.82) is 0 Å². The first kappa shape index (κ1) is 25.1. The maximum absolute atomic E-state index is 14.2. The van der Waals surface area contributed by atoms with Crippen molar-refractivity contribution in [3.63, 3.8) is 0 Å². The van der Waals surface area contributed by atoms with E-state index in [9.17, 15) is 28.2 Å². The number of benzene rings is 2. The van der Waals surface area contributed by atoms with Gasteiger partial charge in [0.1, 0.15) is 11.4 Å². The molecule has 2 aliphatic rings. The van der Waals surface area contributed by atoms with Crippen LogP contribution in [-0.2, 0) is 12.6 Å². The lowest BCUT2D eigenvalue weighted by atomic mass is 9.99. The number of β-amino-alcohol motifs (C(OH)–C–C–N with tert-alkyl or cyclic N) is 1. The van der Waals surface area contributed by atoms with E-state index in [1.54, 1.807) is 29.2 Å². The molecule has 3 aromatic rings. The third kappa shape index (κ3) is 4.53. The lowest BCUT2D eigenvalue weighted by Crippen LogP contribution is -2.48. The molecule has 1 fully saturated rings. The van der Waals surface area contributed by atoms with Crippen LogP contribution in [0.5, 0.6) is 5.75 Å². The number of fused-ring (bicyclic) bond motifs is 1. The van der Waals surface area contributed by atoms with Crippen LogP contribution in [0.15, 0.2) is 47.3 Å². The summed E-state index contributed by atoms with van der Waals surface area (Å²) in [5.74, 6) is 0.600. The number of rotatable bonds is 7. The first-order valence-corrected chi connectivity index (χ1v) is 12.0. The van der Waals surface area contributed by atoms with Gasteiger partial charge in [-0.3, -0.25) is 4.79 Å². The minimum absolute atomic E-state index is 0.000414. The number of halogens is 3. The molecule has 1 aromatic heterocycles. The number of hydrogen-bond acceptors (Lipinski definition) is 7. The molecule has 0 amide bonds. The minimum atomic E-state index is -4.72. The second-order valence-corrected chi connectivity index (χ2v) is 9.24. The van der Waals surface area contributed by atoms with Crippen LogP contribution in [0.25, 0.3) is 16.9 Å². The molecule has 196 valence electrons. The Balaban J connectivity index is 1.74. The fourth-order valence-electron chi connectivity index (χ4n) is 5.01. The highest BCUT2D eigenvalue weighted by Crippen LogP contribution is 2.39. The number of ether oxygens (including phenoxy) is 1. The summed E-state index contributed by atoms with van der Waals surface area (Å²) in [5, 5.41) is 23.4. The quantitative estimate of drug-likeness (QED) is 0.499. The molecule has 5 rings (SSSR count). The van der Waals surface area contributed by atoms with Gasteiger partial charge in [0.25, 0.3) is 5.56 Å². The molecule has 0 saturated carbocycles. The van der Waals surface area contributed by atoms with Crippen molar-refractivity contribution in [3.8, 4) is 22.7 Å². The number of aromatic nitrogens is 2. The number of aliphatic hydroxyl groups excluding tert-OH is 2. The van der Waals surface area contributed by atoms with Gasteiger partial charge in [0.05, 0.1) is 30.7 Å². The van der Waals surface area contributed by atoms with Crippen LogP contribution in [-0.4, -0.2) is 66.5 Å².